The van der Waals surface area contributed by atoms with Crippen LogP contribution >= 0.6 is 11.3 Å². The van der Waals surface area contributed by atoms with Crippen LogP contribution in [0.4, 0.5) is 0 Å². The van der Waals surface area contributed by atoms with Crippen LogP contribution in [-0.4, -0.2) is 33.7 Å². The maximum Gasteiger partial charge on any atom is 0.241 e. The molecule has 7 nitrogen and oxygen atoms in total. The van der Waals surface area contributed by atoms with Crippen molar-refractivity contribution in [3.05, 3.63) is 77.3 Å². The quantitative estimate of drug-likeness (QED) is 0.434. The molecule has 0 bridgehead atoms. The summed E-state index contributed by atoms with van der Waals surface area (Å²) in [5.41, 5.74) is 1.49. The molecule has 0 saturated heterocycles. The van der Waals surface area contributed by atoms with Gasteiger partial charge in [0.15, 0.2) is 11.5 Å². The number of rotatable bonds is 6. The number of hydrogen-bond donors (Lipinski definition) is 1. The lowest BCUT2D eigenvalue weighted by molar-refractivity contribution is 0.297. The molecule has 5 rings (SSSR count). The smallest absolute Gasteiger partial charge is 0.241 e. The van der Waals surface area contributed by atoms with E-state index in [4.69, 9.17) is 19.2 Å². The highest BCUT2D eigenvalue weighted by Gasteiger charge is 2.29. The molecule has 9 heteroatoms. The monoisotopic (exact) mass is 482 g/mol. The lowest BCUT2D eigenvalue weighted by atomic mass is 10.1. The molecule has 0 aliphatic carbocycles. The van der Waals surface area contributed by atoms with Crippen molar-refractivity contribution in [1.29, 1.82) is 0 Å². The maximum absolute atomic E-state index is 13.5. The van der Waals surface area contributed by atoms with Gasteiger partial charge in [-0.3, -0.25) is 0 Å². The summed E-state index contributed by atoms with van der Waals surface area (Å²) in [5, 5.41) is 0.624. The molecule has 0 saturated carbocycles. The molecule has 0 amide bonds. The number of nitrogens with zero attached hydrogens (tertiary/aromatic N) is 1. The zero-order chi connectivity index (χ0) is 22.8. The van der Waals surface area contributed by atoms with Crippen LogP contribution in [0.5, 0.6) is 17.2 Å². The van der Waals surface area contributed by atoms with Gasteiger partial charge in [0.1, 0.15) is 16.8 Å². The molecule has 1 N–H and O–H groups in total. The number of thiazole rings is 1. The van der Waals surface area contributed by atoms with Crippen molar-refractivity contribution in [2.45, 2.75) is 17.4 Å². The fraction of sp³-hybridized carbons (Fsp3) is 0.208. The molecule has 1 aromatic heterocycles. The standard InChI is InChI=1S/C24H22N2O5S2/c1-29-19-9-4-2-7-17(19)23(24-25-18-8-3-5-10-22(18)32-24)26-33(27,28)16-11-12-20-21(15-16)31-14-6-13-30-20/h2-5,7-12,15,23,26H,6,13-14H2,1H3/t23-/m1/s1. The van der Waals surface area contributed by atoms with Gasteiger partial charge in [-0.05, 0) is 30.3 Å². The molecule has 0 fully saturated rings. The van der Waals surface area contributed by atoms with Crippen molar-refractivity contribution in [3.8, 4) is 17.2 Å². The largest absolute Gasteiger partial charge is 0.496 e. The molecule has 1 atom stereocenters. The molecule has 0 spiro atoms. The summed E-state index contributed by atoms with van der Waals surface area (Å²) in [6.45, 7) is 1.00. The molecule has 1 aliphatic rings. The summed E-state index contributed by atoms with van der Waals surface area (Å²) in [4.78, 5) is 4.81. The summed E-state index contributed by atoms with van der Waals surface area (Å²) in [5.74, 6) is 1.53. The van der Waals surface area contributed by atoms with E-state index in [1.54, 1.807) is 19.2 Å². The number of methoxy groups -OCH3 is 1. The fourth-order valence-corrected chi connectivity index (χ4v) is 6.01. The van der Waals surface area contributed by atoms with Gasteiger partial charge in [-0.2, -0.15) is 4.72 Å². The van der Waals surface area contributed by atoms with E-state index in [1.165, 1.54) is 23.5 Å². The van der Waals surface area contributed by atoms with Gasteiger partial charge in [0.2, 0.25) is 10.0 Å². The van der Waals surface area contributed by atoms with Crippen LogP contribution in [0.2, 0.25) is 0 Å². The minimum Gasteiger partial charge on any atom is -0.496 e. The third-order valence-corrected chi connectivity index (χ3v) is 7.83. The second-order valence-electron chi connectivity index (χ2n) is 7.48. The average molecular weight is 483 g/mol. The van der Waals surface area contributed by atoms with Crippen molar-refractivity contribution in [2.24, 2.45) is 0 Å². The molecule has 0 unspecified atom stereocenters. The van der Waals surface area contributed by atoms with Gasteiger partial charge in [-0.25, -0.2) is 13.4 Å². The summed E-state index contributed by atoms with van der Waals surface area (Å²) >= 11 is 1.44. The zero-order valence-electron chi connectivity index (χ0n) is 17.9. The van der Waals surface area contributed by atoms with Crippen LogP contribution in [0.1, 0.15) is 23.0 Å². The Balaban J connectivity index is 1.57. The van der Waals surface area contributed by atoms with Crippen LogP contribution in [0, 0.1) is 0 Å². The van der Waals surface area contributed by atoms with Crippen LogP contribution in [-0.2, 0) is 10.0 Å². The molecule has 170 valence electrons. The Morgan fingerprint density at radius 1 is 1.00 bits per heavy atom. The highest BCUT2D eigenvalue weighted by Crippen LogP contribution is 2.37. The van der Waals surface area contributed by atoms with Gasteiger partial charge < -0.3 is 14.2 Å². The van der Waals surface area contributed by atoms with Crippen molar-refractivity contribution in [3.63, 3.8) is 0 Å². The Labute approximate surface area is 196 Å². The topological polar surface area (TPSA) is 86.8 Å². The van der Waals surface area contributed by atoms with E-state index in [0.29, 0.717) is 41.0 Å². The number of ether oxygens (including phenoxy) is 3. The predicted octanol–water partition coefficient (Wildman–Crippen LogP) is 4.53. The summed E-state index contributed by atoms with van der Waals surface area (Å²) < 4.78 is 47.7. The van der Waals surface area contributed by atoms with Crippen LogP contribution < -0.4 is 18.9 Å². The van der Waals surface area contributed by atoms with Gasteiger partial charge in [-0.1, -0.05) is 30.3 Å². The number of benzene rings is 3. The van der Waals surface area contributed by atoms with E-state index in [1.807, 2.05) is 42.5 Å². The third kappa shape index (κ3) is 4.39. The SMILES string of the molecule is COc1ccccc1[C@@H](NS(=O)(=O)c1ccc2c(c1)OCCCO2)c1nc2ccccc2s1. The van der Waals surface area contributed by atoms with E-state index in [-0.39, 0.29) is 4.90 Å². The lowest BCUT2D eigenvalue weighted by Crippen LogP contribution is -2.29. The lowest BCUT2D eigenvalue weighted by Gasteiger charge is -2.20. The van der Waals surface area contributed by atoms with Gasteiger partial charge in [-0.15, -0.1) is 11.3 Å². The first-order valence-corrected chi connectivity index (χ1v) is 12.8. The van der Waals surface area contributed by atoms with Gasteiger partial charge in [0.05, 0.1) is 35.4 Å². The Morgan fingerprint density at radius 2 is 1.76 bits per heavy atom. The van der Waals surface area contributed by atoms with E-state index in [2.05, 4.69) is 4.72 Å². The first-order chi connectivity index (χ1) is 16.0. The number of sulfonamides is 1. The zero-order valence-corrected chi connectivity index (χ0v) is 19.5. The van der Waals surface area contributed by atoms with Crippen LogP contribution in [0.3, 0.4) is 0 Å². The fourth-order valence-electron chi connectivity index (χ4n) is 3.70. The van der Waals surface area contributed by atoms with E-state index >= 15 is 0 Å². The molecule has 0 radical (unpaired) electrons. The van der Waals surface area contributed by atoms with E-state index in [0.717, 1.165) is 16.6 Å². The number of fused-ring (bicyclic) bond motifs is 2. The molecule has 33 heavy (non-hydrogen) atoms. The highest BCUT2D eigenvalue weighted by molar-refractivity contribution is 7.89. The first-order valence-electron chi connectivity index (χ1n) is 10.5. The molecule has 3 aromatic carbocycles. The second-order valence-corrected chi connectivity index (χ2v) is 10.3. The Hall–Kier alpha value is -3.14. The Kier molecular flexibility index (Phi) is 5.92. The number of para-hydroxylation sites is 2. The van der Waals surface area contributed by atoms with Crippen molar-refractivity contribution in [1.82, 2.24) is 9.71 Å². The van der Waals surface area contributed by atoms with E-state index in [9.17, 15) is 8.42 Å². The normalized spacial score (nSPS) is 14.6. The van der Waals surface area contributed by atoms with Crippen molar-refractivity contribution >= 4 is 31.6 Å². The Bertz CT molecular complexity index is 1370. The van der Waals surface area contributed by atoms with Gasteiger partial charge in [0.25, 0.3) is 0 Å². The number of hydrogen-bond acceptors (Lipinski definition) is 7. The third-order valence-electron chi connectivity index (χ3n) is 5.31. The number of aromatic nitrogens is 1. The van der Waals surface area contributed by atoms with Gasteiger partial charge >= 0.3 is 0 Å². The summed E-state index contributed by atoms with van der Waals surface area (Å²) in [6, 6.07) is 19.0. The molecule has 2 heterocycles. The van der Waals surface area contributed by atoms with E-state index < -0.39 is 16.1 Å². The van der Waals surface area contributed by atoms with Crippen molar-refractivity contribution < 1.29 is 22.6 Å². The molecular weight excluding hydrogens is 460 g/mol. The number of nitrogens with one attached hydrogen (secondary N) is 1. The predicted molar refractivity (Wildman–Crippen MR) is 127 cm³/mol. The minimum absolute atomic E-state index is 0.0905. The second kappa shape index (κ2) is 9.01. The average Bonchev–Trinajstić information content (AvgIpc) is 3.12. The van der Waals surface area contributed by atoms with Crippen LogP contribution in [0.25, 0.3) is 10.2 Å². The van der Waals surface area contributed by atoms with Gasteiger partial charge in [0, 0.05) is 18.1 Å². The molecule has 4 aromatic rings. The van der Waals surface area contributed by atoms with Crippen LogP contribution in [0.15, 0.2) is 71.6 Å². The minimum atomic E-state index is -3.94. The highest BCUT2D eigenvalue weighted by atomic mass is 32.2. The summed E-state index contributed by atoms with van der Waals surface area (Å²) in [6.07, 6.45) is 0.739. The maximum atomic E-state index is 13.5. The first kappa shape index (κ1) is 21.7. The molecule has 1 aliphatic heterocycles. The summed E-state index contributed by atoms with van der Waals surface area (Å²) in [7, 11) is -2.38. The molecular formula is C24H22N2O5S2. The van der Waals surface area contributed by atoms with Crippen molar-refractivity contribution in [2.75, 3.05) is 20.3 Å². The Morgan fingerprint density at radius 3 is 2.58 bits per heavy atom.